The van der Waals surface area contributed by atoms with E-state index >= 15 is 0 Å². The SMILES string of the molecule is Cc1nc2ccc(NC(=O)c3ccn(C)n3)cc2s1. The second-order valence-corrected chi connectivity index (χ2v) is 5.48. The number of nitrogens with zero attached hydrogens (tertiary/aromatic N) is 3. The summed E-state index contributed by atoms with van der Waals surface area (Å²) in [7, 11) is 1.78. The van der Waals surface area contributed by atoms with Crippen molar-refractivity contribution in [2.75, 3.05) is 5.32 Å². The summed E-state index contributed by atoms with van der Waals surface area (Å²) in [6.07, 6.45) is 1.74. The van der Waals surface area contributed by atoms with Crippen LogP contribution in [-0.2, 0) is 7.05 Å². The lowest BCUT2D eigenvalue weighted by Crippen LogP contribution is -2.12. The van der Waals surface area contributed by atoms with Gasteiger partial charge in [-0.25, -0.2) is 4.98 Å². The highest BCUT2D eigenvalue weighted by Crippen LogP contribution is 2.24. The number of nitrogens with one attached hydrogen (secondary N) is 1. The molecule has 3 aromatic rings. The van der Waals surface area contributed by atoms with Crippen molar-refractivity contribution in [1.82, 2.24) is 14.8 Å². The number of fused-ring (bicyclic) bond motifs is 1. The number of amides is 1. The number of rotatable bonds is 2. The molecule has 0 fully saturated rings. The van der Waals surface area contributed by atoms with Crippen LogP contribution >= 0.6 is 11.3 Å². The summed E-state index contributed by atoms with van der Waals surface area (Å²) in [6, 6.07) is 7.38. The molecule has 0 atom stereocenters. The molecule has 19 heavy (non-hydrogen) atoms. The van der Waals surface area contributed by atoms with E-state index in [0.717, 1.165) is 20.9 Å². The van der Waals surface area contributed by atoms with E-state index in [-0.39, 0.29) is 5.91 Å². The molecule has 0 aliphatic heterocycles. The number of aryl methyl sites for hydroxylation is 2. The van der Waals surface area contributed by atoms with Gasteiger partial charge in [-0.1, -0.05) is 0 Å². The van der Waals surface area contributed by atoms with Crippen LogP contribution in [0.15, 0.2) is 30.5 Å². The van der Waals surface area contributed by atoms with Crippen LogP contribution in [0.3, 0.4) is 0 Å². The number of benzene rings is 1. The van der Waals surface area contributed by atoms with Crippen molar-refractivity contribution in [3.8, 4) is 0 Å². The van der Waals surface area contributed by atoms with Gasteiger partial charge in [0.1, 0.15) is 0 Å². The second kappa shape index (κ2) is 4.47. The van der Waals surface area contributed by atoms with Gasteiger partial charge >= 0.3 is 0 Å². The Morgan fingerprint density at radius 2 is 2.21 bits per heavy atom. The minimum atomic E-state index is -0.207. The number of carbonyl (C=O) groups is 1. The standard InChI is InChI=1S/C13H12N4OS/c1-8-14-10-4-3-9(7-12(10)19-8)15-13(18)11-5-6-17(2)16-11/h3-7H,1-2H3,(H,15,18). The zero-order valence-electron chi connectivity index (χ0n) is 10.5. The average Bonchev–Trinajstić information content (AvgIpc) is 2.93. The number of hydrogen-bond acceptors (Lipinski definition) is 4. The second-order valence-electron chi connectivity index (χ2n) is 4.24. The summed E-state index contributed by atoms with van der Waals surface area (Å²) in [5.74, 6) is -0.207. The first-order valence-corrected chi connectivity index (χ1v) is 6.62. The highest BCUT2D eigenvalue weighted by atomic mass is 32.1. The van der Waals surface area contributed by atoms with E-state index in [1.807, 2.05) is 25.1 Å². The molecule has 3 rings (SSSR count). The Hall–Kier alpha value is -2.21. The summed E-state index contributed by atoms with van der Waals surface area (Å²) >= 11 is 1.61. The number of carbonyl (C=O) groups excluding carboxylic acids is 1. The van der Waals surface area contributed by atoms with Crippen LogP contribution in [0.1, 0.15) is 15.5 Å². The Morgan fingerprint density at radius 1 is 1.37 bits per heavy atom. The molecule has 96 valence electrons. The molecule has 0 radical (unpaired) electrons. The molecule has 5 nitrogen and oxygen atoms in total. The van der Waals surface area contributed by atoms with Crippen molar-refractivity contribution in [2.45, 2.75) is 6.92 Å². The minimum Gasteiger partial charge on any atom is -0.321 e. The molecule has 2 heterocycles. The molecule has 0 aliphatic carbocycles. The fourth-order valence-electron chi connectivity index (χ4n) is 1.85. The third-order valence-electron chi connectivity index (χ3n) is 2.70. The fraction of sp³-hybridized carbons (Fsp3) is 0.154. The van der Waals surface area contributed by atoms with E-state index in [0.29, 0.717) is 5.69 Å². The lowest BCUT2D eigenvalue weighted by molar-refractivity contribution is 0.102. The maximum absolute atomic E-state index is 12.0. The van der Waals surface area contributed by atoms with Crippen molar-refractivity contribution in [3.63, 3.8) is 0 Å². The van der Waals surface area contributed by atoms with Gasteiger partial charge in [0.2, 0.25) is 0 Å². The molecule has 0 unspecified atom stereocenters. The third-order valence-corrected chi connectivity index (χ3v) is 3.63. The summed E-state index contributed by atoms with van der Waals surface area (Å²) in [5, 5.41) is 7.92. The van der Waals surface area contributed by atoms with Crippen LogP contribution < -0.4 is 5.32 Å². The molecule has 0 aliphatic rings. The monoisotopic (exact) mass is 272 g/mol. The molecule has 0 bridgehead atoms. The van der Waals surface area contributed by atoms with Crippen LogP contribution in [0.4, 0.5) is 5.69 Å². The van der Waals surface area contributed by atoms with Gasteiger partial charge in [0.25, 0.3) is 5.91 Å². The normalized spacial score (nSPS) is 10.8. The number of hydrogen-bond donors (Lipinski definition) is 1. The Balaban J connectivity index is 1.86. The lowest BCUT2D eigenvalue weighted by atomic mass is 10.3. The predicted molar refractivity (Wildman–Crippen MR) is 75.5 cm³/mol. The molecule has 1 aromatic carbocycles. The van der Waals surface area contributed by atoms with Crippen molar-refractivity contribution >= 4 is 33.1 Å². The largest absolute Gasteiger partial charge is 0.321 e. The van der Waals surface area contributed by atoms with Crippen LogP contribution in [0.5, 0.6) is 0 Å². The van der Waals surface area contributed by atoms with Gasteiger partial charge in [-0.2, -0.15) is 5.10 Å². The van der Waals surface area contributed by atoms with Crippen LogP contribution in [0, 0.1) is 6.92 Å². The van der Waals surface area contributed by atoms with E-state index in [2.05, 4.69) is 15.4 Å². The molecule has 1 amide bonds. The van der Waals surface area contributed by atoms with Gasteiger partial charge in [-0.05, 0) is 31.2 Å². The molecule has 2 aromatic heterocycles. The Labute approximate surface area is 113 Å². The highest BCUT2D eigenvalue weighted by Gasteiger charge is 2.10. The quantitative estimate of drug-likeness (QED) is 0.780. The molecule has 0 saturated heterocycles. The van der Waals surface area contributed by atoms with Crippen LogP contribution in [0.25, 0.3) is 10.2 Å². The van der Waals surface area contributed by atoms with Crippen LogP contribution in [0.2, 0.25) is 0 Å². The summed E-state index contributed by atoms with van der Waals surface area (Å²) < 4.78 is 2.67. The minimum absolute atomic E-state index is 0.207. The van der Waals surface area contributed by atoms with Gasteiger partial charge in [0, 0.05) is 18.9 Å². The highest BCUT2D eigenvalue weighted by molar-refractivity contribution is 7.18. The summed E-state index contributed by atoms with van der Waals surface area (Å²) in [5.41, 5.74) is 2.12. The number of aromatic nitrogens is 3. The van der Waals surface area contributed by atoms with Gasteiger partial charge in [-0.3, -0.25) is 9.48 Å². The zero-order valence-corrected chi connectivity index (χ0v) is 11.4. The van der Waals surface area contributed by atoms with Crippen molar-refractivity contribution in [3.05, 3.63) is 41.2 Å². The van der Waals surface area contributed by atoms with E-state index in [1.165, 1.54) is 0 Å². The van der Waals surface area contributed by atoms with E-state index in [9.17, 15) is 4.79 Å². The fourth-order valence-corrected chi connectivity index (χ4v) is 2.72. The molecule has 1 N–H and O–H groups in total. The van der Waals surface area contributed by atoms with E-state index < -0.39 is 0 Å². The predicted octanol–water partition coefficient (Wildman–Crippen LogP) is 2.59. The topological polar surface area (TPSA) is 59.8 Å². The Morgan fingerprint density at radius 3 is 2.95 bits per heavy atom. The van der Waals surface area contributed by atoms with E-state index in [1.54, 1.807) is 35.3 Å². The molecular weight excluding hydrogens is 260 g/mol. The third kappa shape index (κ3) is 2.34. The van der Waals surface area contributed by atoms with Crippen LogP contribution in [-0.4, -0.2) is 20.7 Å². The van der Waals surface area contributed by atoms with Crippen molar-refractivity contribution < 1.29 is 4.79 Å². The molecule has 0 saturated carbocycles. The molecular formula is C13H12N4OS. The lowest BCUT2D eigenvalue weighted by Gasteiger charge is -2.02. The van der Waals surface area contributed by atoms with Gasteiger partial charge in [0.05, 0.1) is 15.2 Å². The smallest absolute Gasteiger partial charge is 0.276 e. The number of thiazole rings is 1. The summed E-state index contributed by atoms with van der Waals surface area (Å²) in [4.78, 5) is 16.4. The maximum atomic E-state index is 12.0. The Kier molecular flexibility index (Phi) is 2.79. The Bertz CT molecular complexity index is 759. The molecule has 6 heteroatoms. The van der Waals surface area contributed by atoms with E-state index in [4.69, 9.17) is 0 Å². The van der Waals surface area contributed by atoms with Crippen molar-refractivity contribution in [2.24, 2.45) is 7.05 Å². The maximum Gasteiger partial charge on any atom is 0.276 e. The van der Waals surface area contributed by atoms with Crippen molar-refractivity contribution in [1.29, 1.82) is 0 Å². The van der Waals surface area contributed by atoms with Gasteiger partial charge < -0.3 is 5.32 Å². The number of anilines is 1. The summed E-state index contributed by atoms with van der Waals surface area (Å²) in [6.45, 7) is 1.97. The average molecular weight is 272 g/mol. The first-order valence-electron chi connectivity index (χ1n) is 5.80. The van der Waals surface area contributed by atoms with Gasteiger partial charge in [0.15, 0.2) is 5.69 Å². The zero-order chi connectivity index (χ0) is 13.4. The first-order chi connectivity index (χ1) is 9.11. The molecule has 0 spiro atoms. The van der Waals surface area contributed by atoms with Gasteiger partial charge in [-0.15, -0.1) is 11.3 Å². The first kappa shape index (κ1) is 11.9.